The molecule has 2 N–H and O–H groups in total. The summed E-state index contributed by atoms with van der Waals surface area (Å²) in [6.45, 7) is 6.21. The van der Waals surface area contributed by atoms with Crippen molar-refractivity contribution in [3.8, 4) is 5.69 Å². The molecular formula is C14H19N3. The van der Waals surface area contributed by atoms with Crippen molar-refractivity contribution in [2.45, 2.75) is 33.2 Å². The minimum Gasteiger partial charge on any atom is -0.324 e. The van der Waals surface area contributed by atoms with Crippen molar-refractivity contribution < 1.29 is 0 Å². The molecule has 0 saturated heterocycles. The van der Waals surface area contributed by atoms with E-state index in [1.54, 1.807) is 0 Å². The van der Waals surface area contributed by atoms with Gasteiger partial charge in [0.15, 0.2) is 0 Å². The van der Waals surface area contributed by atoms with E-state index in [2.05, 4.69) is 37.1 Å². The smallest absolute Gasteiger partial charge is 0.0680 e. The summed E-state index contributed by atoms with van der Waals surface area (Å²) in [5, 5.41) is 4.45. The fourth-order valence-electron chi connectivity index (χ4n) is 2.13. The van der Waals surface area contributed by atoms with E-state index in [0.717, 1.165) is 23.4 Å². The van der Waals surface area contributed by atoms with Crippen molar-refractivity contribution in [1.29, 1.82) is 0 Å². The van der Waals surface area contributed by atoms with Crippen molar-refractivity contribution in [3.63, 3.8) is 0 Å². The van der Waals surface area contributed by atoms with E-state index >= 15 is 0 Å². The van der Waals surface area contributed by atoms with Crippen molar-refractivity contribution in [1.82, 2.24) is 9.78 Å². The summed E-state index contributed by atoms with van der Waals surface area (Å²) in [5.41, 5.74) is 10.6. The SMILES string of the molecule is CCc1ccccc1-n1ncc(C(C)N)c1C. The van der Waals surface area contributed by atoms with Gasteiger partial charge >= 0.3 is 0 Å². The van der Waals surface area contributed by atoms with Crippen LogP contribution in [0, 0.1) is 6.92 Å². The molecule has 0 saturated carbocycles. The maximum absolute atomic E-state index is 5.92. The topological polar surface area (TPSA) is 43.8 Å². The number of para-hydroxylation sites is 1. The third-order valence-corrected chi connectivity index (χ3v) is 3.14. The van der Waals surface area contributed by atoms with E-state index in [1.165, 1.54) is 5.56 Å². The summed E-state index contributed by atoms with van der Waals surface area (Å²) < 4.78 is 1.98. The molecule has 1 aromatic carbocycles. The van der Waals surface area contributed by atoms with Gasteiger partial charge in [0.05, 0.1) is 11.9 Å². The van der Waals surface area contributed by atoms with E-state index < -0.39 is 0 Å². The summed E-state index contributed by atoms with van der Waals surface area (Å²) in [4.78, 5) is 0. The first-order valence-electron chi connectivity index (χ1n) is 6.03. The Labute approximate surface area is 102 Å². The molecule has 0 aliphatic rings. The number of hydrogen-bond donors (Lipinski definition) is 1. The Balaban J connectivity index is 2.53. The largest absolute Gasteiger partial charge is 0.324 e. The highest BCUT2D eigenvalue weighted by Gasteiger charge is 2.12. The van der Waals surface area contributed by atoms with Crippen LogP contribution in [0.25, 0.3) is 5.69 Å². The fraction of sp³-hybridized carbons (Fsp3) is 0.357. The third-order valence-electron chi connectivity index (χ3n) is 3.14. The second-order valence-electron chi connectivity index (χ2n) is 4.37. The van der Waals surface area contributed by atoms with E-state index in [0.29, 0.717) is 0 Å². The highest BCUT2D eigenvalue weighted by molar-refractivity contribution is 5.42. The van der Waals surface area contributed by atoms with Crippen molar-refractivity contribution in [2.75, 3.05) is 0 Å². The molecule has 2 aromatic rings. The second kappa shape index (κ2) is 4.72. The minimum absolute atomic E-state index is 0.0255. The molecule has 1 unspecified atom stereocenters. The van der Waals surface area contributed by atoms with Crippen LogP contribution in [0.1, 0.15) is 36.7 Å². The number of rotatable bonds is 3. The van der Waals surface area contributed by atoms with Crippen molar-refractivity contribution in [3.05, 3.63) is 47.3 Å². The van der Waals surface area contributed by atoms with E-state index in [-0.39, 0.29) is 6.04 Å². The molecule has 0 radical (unpaired) electrons. The summed E-state index contributed by atoms with van der Waals surface area (Å²) in [6, 6.07) is 8.37. The molecule has 1 heterocycles. The van der Waals surface area contributed by atoms with E-state index in [9.17, 15) is 0 Å². The van der Waals surface area contributed by atoms with Gasteiger partial charge in [-0.05, 0) is 31.9 Å². The number of aromatic nitrogens is 2. The lowest BCUT2D eigenvalue weighted by atomic mass is 10.1. The Morgan fingerprint density at radius 2 is 2.06 bits per heavy atom. The van der Waals surface area contributed by atoms with Gasteiger partial charge in [-0.2, -0.15) is 5.10 Å². The number of nitrogens with two attached hydrogens (primary N) is 1. The van der Waals surface area contributed by atoms with Gasteiger partial charge in [-0.25, -0.2) is 4.68 Å². The van der Waals surface area contributed by atoms with E-state index in [1.807, 2.05) is 23.9 Å². The first kappa shape index (κ1) is 11.9. The predicted octanol–water partition coefficient (Wildman–Crippen LogP) is 2.76. The number of benzene rings is 1. The van der Waals surface area contributed by atoms with Crippen molar-refractivity contribution in [2.24, 2.45) is 5.73 Å². The molecular weight excluding hydrogens is 210 g/mol. The Kier molecular flexibility index (Phi) is 3.29. The summed E-state index contributed by atoms with van der Waals surface area (Å²) in [5.74, 6) is 0. The zero-order valence-corrected chi connectivity index (χ0v) is 10.6. The van der Waals surface area contributed by atoms with Gasteiger partial charge < -0.3 is 5.73 Å². The minimum atomic E-state index is 0.0255. The van der Waals surface area contributed by atoms with Gasteiger partial charge in [0, 0.05) is 17.3 Å². The van der Waals surface area contributed by atoms with Gasteiger partial charge in [0.1, 0.15) is 0 Å². The number of aryl methyl sites for hydroxylation is 1. The maximum Gasteiger partial charge on any atom is 0.0680 e. The average Bonchev–Trinajstić information content (AvgIpc) is 2.71. The van der Waals surface area contributed by atoms with Crippen LogP contribution in [0.3, 0.4) is 0 Å². The van der Waals surface area contributed by atoms with Crippen LogP contribution in [0.4, 0.5) is 0 Å². The van der Waals surface area contributed by atoms with Crippen LogP contribution >= 0.6 is 0 Å². The average molecular weight is 229 g/mol. The normalized spacial score (nSPS) is 12.7. The fourth-order valence-corrected chi connectivity index (χ4v) is 2.13. The van der Waals surface area contributed by atoms with Crippen LogP contribution in [-0.4, -0.2) is 9.78 Å². The Morgan fingerprint density at radius 3 is 2.65 bits per heavy atom. The highest BCUT2D eigenvalue weighted by atomic mass is 15.3. The molecule has 0 fully saturated rings. The lowest BCUT2D eigenvalue weighted by Gasteiger charge is -2.11. The Morgan fingerprint density at radius 1 is 1.35 bits per heavy atom. The first-order chi connectivity index (χ1) is 8.15. The van der Waals surface area contributed by atoms with Crippen LogP contribution < -0.4 is 5.73 Å². The number of nitrogens with zero attached hydrogens (tertiary/aromatic N) is 2. The molecule has 17 heavy (non-hydrogen) atoms. The molecule has 1 aromatic heterocycles. The Bertz CT molecular complexity index is 512. The van der Waals surface area contributed by atoms with Gasteiger partial charge in [-0.3, -0.25) is 0 Å². The molecule has 3 nitrogen and oxygen atoms in total. The van der Waals surface area contributed by atoms with Gasteiger partial charge in [-0.1, -0.05) is 25.1 Å². The van der Waals surface area contributed by atoms with Crippen LogP contribution in [0.2, 0.25) is 0 Å². The van der Waals surface area contributed by atoms with Gasteiger partial charge in [0.25, 0.3) is 0 Å². The molecule has 0 aliphatic carbocycles. The molecule has 3 heteroatoms. The molecule has 0 amide bonds. The standard InChI is InChI=1S/C14H19N3/c1-4-12-7-5-6-8-14(12)17-11(3)13(9-16-17)10(2)15/h5-10H,4,15H2,1-3H3. The van der Waals surface area contributed by atoms with Gasteiger partial charge in [-0.15, -0.1) is 0 Å². The zero-order chi connectivity index (χ0) is 12.4. The van der Waals surface area contributed by atoms with Crippen molar-refractivity contribution >= 4 is 0 Å². The van der Waals surface area contributed by atoms with Crippen LogP contribution in [0.5, 0.6) is 0 Å². The predicted molar refractivity (Wildman–Crippen MR) is 70.3 cm³/mol. The highest BCUT2D eigenvalue weighted by Crippen LogP contribution is 2.21. The molecule has 1 atom stereocenters. The third kappa shape index (κ3) is 2.11. The van der Waals surface area contributed by atoms with Crippen LogP contribution in [-0.2, 0) is 6.42 Å². The number of hydrogen-bond acceptors (Lipinski definition) is 2. The summed E-state index contributed by atoms with van der Waals surface area (Å²) >= 11 is 0. The molecule has 2 rings (SSSR count). The molecule has 0 aliphatic heterocycles. The lowest BCUT2D eigenvalue weighted by Crippen LogP contribution is -2.08. The zero-order valence-electron chi connectivity index (χ0n) is 10.6. The van der Waals surface area contributed by atoms with Crippen LogP contribution in [0.15, 0.2) is 30.5 Å². The van der Waals surface area contributed by atoms with E-state index in [4.69, 9.17) is 5.73 Å². The lowest BCUT2D eigenvalue weighted by molar-refractivity contribution is 0.793. The Hall–Kier alpha value is -1.61. The second-order valence-corrected chi connectivity index (χ2v) is 4.37. The molecule has 0 spiro atoms. The van der Waals surface area contributed by atoms with Gasteiger partial charge in [0.2, 0.25) is 0 Å². The molecule has 0 bridgehead atoms. The molecule has 90 valence electrons. The first-order valence-corrected chi connectivity index (χ1v) is 6.03. The quantitative estimate of drug-likeness (QED) is 0.879. The monoisotopic (exact) mass is 229 g/mol. The summed E-state index contributed by atoms with van der Waals surface area (Å²) in [7, 11) is 0. The summed E-state index contributed by atoms with van der Waals surface area (Å²) in [6.07, 6.45) is 2.87. The maximum atomic E-state index is 5.92.